The van der Waals surface area contributed by atoms with Gasteiger partial charge in [0.2, 0.25) is 0 Å². The van der Waals surface area contributed by atoms with Gasteiger partial charge in [-0.2, -0.15) is 0 Å². The van der Waals surface area contributed by atoms with E-state index < -0.39 is 0 Å². The molecule has 0 saturated heterocycles. The molecule has 2 aromatic rings. The van der Waals surface area contributed by atoms with E-state index in [4.69, 9.17) is 0 Å². The van der Waals surface area contributed by atoms with Crippen LogP contribution in [0.5, 0.6) is 0 Å². The summed E-state index contributed by atoms with van der Waals surface area (Å²) in [5.74, 6) is 1.72. The monoisotopic (exact) mass is 228 g/mol. The molecule has 90 valence electrons. The Morgan fingerprint density at radius 1 is 1.06 bits per heavy atom. The van der Waals surface area contributed by atoms with Crippen LogP contribution in [0.25, 0.3) is 10.9 Å². The molecule has 0 aliphatic carbocycles. The second kappa shape index (κ2) is 5.67. The fourth-order valence-corrected chi connectivity index (χ4v) is 1.99. The zero-order chi connectivity index (χ0) is 12.1. The lowest BCUT2D eigenvalue weighted by molar-refractivity contribution is 0.518. The Bertz CT molecular complexity index is 475. The predicted octanol–water partition coefficient (Wildman–Crippen LogP) is 4.08. The van der Waals surface area contributed by atoms with Crippen LogP contribution in [0.2, 0.25) is 0 Å². The Balaban J connectivity index is 2.09. The Kier molecular flexibility index (Phi) is 3.97. The molecule has 0 spiro atoms. The largest absolute Gasteiger partial charge is 0.370 e. The first-order chi connectivity index (χ1) is 8.33. The molecule has 0 aliphatic heterocycles. The Morgan fingerprint density at radius 3 is 2.59 bits per heavy atom. The van der Waals surface area contributed by atoms with Crippen LogP contribution in [0.3, 0.4) is 0 Å². The zero-order valence-corrected chi connectivity index (χ0v) is 10.6. The fraction of sp³-hybridized carbons (Fsp3) is 0.400. The summed E-state index contributed by atoms with van der Waals surface area (Å²) in [4.78, 5) is 4.60. The maximum atomic E-state index is 4.60. The van der Waals surface area contributed by atoms with E-state index in [1.807, 2.05) is 12.1 Å². The second-order valence-electron chi connectivity index (χ2n) is 4.45. The van der Waals surface area contributed by atoms with Gasteiger partial charge in [-0.05, 0) is 24.1 Å². The van der Waals surface area contributed by atoms with Crippen molar-refractivity contribution in [3.8, 4) is 0 Å². The predicted molar refractivity (Wildman–Crippen MR) is 74.3 cm³/mol. The minimum Gasteiger partial charge on any atom is -0.370 e. The molecule has 1 heterocycles. The number of benzene rings is 1. The first-order valence-corrected chi connectivity index (χ1v) is 6.43. The smallest absolute Gasteiger partial charge is 0.126 e. The van der Waals surface area contributed by atoms with Crippen LogP contribution in [0, 0.1) is 5.92 Å². The molecule has 0 amide bonds. The van der Waals surface area contributed by atoms with Crippen LogP contribution in [-0.4, -0.2) is 11.5 Å². The van der Waals surface area contributed by atoms with Gasteiger partial charge >= 0.3 is 0 Å². The van der Waals surface area contributed by atoms with Crippen molar-refractivity contribution in [1.82, 2.24) is 4.98 Å². The summed E-state index contributed by atoms with van der Waals surface area (Å²) in [6.07, 6.45) is 2.44. The third kappa shape index (κ3) is 2.96. The summed E-state index contributed by atoms with van der Waals surface area (Å²) >= 11 is 0. The number of pyridine rings is 1. The van der Waals surface area contributed by atoms with Crippen molar-refractivity contribution in [1.29, 1.82) is 0 Å². The molecular formula is C15H20N2. The van der Waals surface area contributed by atoms with Crippen molar-refractivity contribution in [2.24, 2.45) is 5.92 Å². The summed E-state index contributed by atoms with van der Waals surface area (Å²) in [6, 6.07) is 12.4. The van der Waals surface area contributed by atoms with Crippen LogP contribution in [0.4, 0.5) is 5.82 Å². The molecule has 1 aromatic heterocycles. The number of anilines is 1. The third-order valence-electron chi connectivity index (χ3n) is 3.32. The minimum absolute atomic E-state index is 0.739. The summed E-state index contributed by atoms with van der Waals surface area (Å²) < 4.78 is 0. The molecule has 17 heavy (non-hydrogen) atoms. The molecule has 0 aliphatic rings. The van der Waals surface area contributed by atoms with Gasteiger partial charge < -0.3 is 5.32 Å². The second-order valence-corrected chi connectivity index (χ2v) is 4.45. The van der Waals surface area contributed by atoms with E-state index in [1.54, 1.807) is 0 Å². The maximum Gasteiger partial charge on any atom is 0.126 e. The lowest BCUT2D eigenvalue weighted by Crippen LogP contribution is -2.13. The molecule has 0 bridgehead atoms. The van der Waals surface area contributed by atoms with Crippen molar-refractivity contribution >= 4 is 16.7 Å². The van der Waals surface area contributed by atoms with E-state index in [-0.39, 0.29) is 0 Å². The maximum absolute atomic E-state index is 4.60. The summed E-state index contributed by atoms with van der Waals surface area (Å²) in [7, 11) is 0. The van der Waals surface area contributed by atoms with Gasteiger partial charge in [0.15, 0.2) is 0 Å². The van der Waals surface area contributed by atoms with Crippen molar-refractivity contribution in [2.45, 2.75) is 26.7 Å². The number of nitrogens with zero attached hydrogens (tertiary/aromatic N) is 1. The van der Waals surface area contributed by atoms with Crippen LogP contribution in [0.1, 0.15) is 26.7 Å². The Morgan fingerprint density at radius 2 is 1.82 bits per heavy atom. The van der Waals surface area contributed by atoms with Crippen LogP contribution in [-0.2, 0) is 0 Å². The zero-order valence-electron chi connectivity index (χ0n) is 10.6. The molecule has 0 unspecified atom stereocenters. The van der Waals surface area contributed by atoms with Gasteiger partial charge in [0.25, 0.3) is 0 Å². The van der Waals surface area contributed by atoms with Crippen molar-refractivity contribution < 1.29 is 0 Å². The molecule has 0 radical (unpaired) electrons. The molecule has 0 saturated carbocycles. The molecule has 0 atom stereocenters. The van der Waals surface area contributed by atoms with Gasteiger partial charge in [0.05, 0.1) is 5.52 Å². The summed E-state index contributed by atoms with van der Waals surface area (Å²) in [5.41, 5.74) is 1.06. The van der Waals surface area contributed by atoms with E-state index in [2.05, 4.69) is 48.4 Å². The molecule has 2 rings (SSSR count). The van der Waals surface area contributed by atoms with Gasteiger partial charge in [-0.25, -0.2) is 4.98 Å². The van der Waals surface area contributed by atoms with Crippen LogP contribution >= 0.6 is 0 Å². The van der Waals surface area contributed by atoms with Gasteiger partial charge in [-0.1, -0.05) is 44.9 Å². The van der Waals surface area contributed by atoms with Gasteiger partial charge in [0.1, 0.15) is 5.82 Å². The SMILES string of the molecule is CCC(CC)CNc1ccc2ccccc2n1. The van der Waals surface area contributed by atoms with Crippen molar-refractivity contribution in [3.05, 3.63) is 36.4 Å². The van der Waals surface area contributed by atoms with E-state index in [0.29, 0.717) is 0 Å². The minimum atomic E-state index is 0.739. The number of rotatable bonds is 5. The lowest BCUT2D eigenvalue weighted by Gasteiger charge is -2.13. The quantitative estimate of drug-likeness (QED) is 0.834. The Labute approximate surface area is 103 Å². The number of hydrogen-bond donors (Lipinski definition) is 1. The average Bonchev–Trinajstić information content (AvgIpc) is 2.40. The van der Waals surface area contributed by atoms with E-state index in [9.17, 15) is 0 Å². The number of hydrogen-bond acceptors (Lipinski definition) is 2. The standard InChI is InChI=1S/C15H20N2/c1-3-12(4-2)11-16-15-10-9-13-7-5-6-8-14(13)17-15/h5-10,12H,3-4,11H2,1-2H3,(H,16,17). The molecule has 1 N–H and O–H groups in total. The molecule has 2 heteroatoms. The van der Waals surface area contributed by atoms with Gasteiger partial charge in [-0.3, -0.25) is 0 Å². The number of aromatic nitrogens is 1. The van der Waals surface area contributed by atoms with Crippen LogP contribution < -0.4 is 5.32 Å². The average molecular weight is 228 g/mol. The summed E-state index contributed by atoms with van der Waals surface area (Å²) in [6.45, 7) is 5.49. The topological polar surface area (TPSA) is 24.9 Å². The van der Waals surface area contributed by atoms with Gasteiger partial charge in [0, 0.05) is 11.9 Å². The highest BCUT2D eigenvalue weighted by molar-refractivity contribution is 5.79. The van der Waals surface area contributed by atoms with E-state index >= 15 is 0 Å². The molecular weight excluding hydrogens is 208 g/mol. The lowest BCUT2D eigenvalue weighted by atomic mass is 10.0. The highest BCUT2D eigenvalue weighted by atomic mass is 15.0. The highest BCUT2D eigenvalue weighted by Gasteiger charge is 2.03. The van der Waals surface area contributed by atoms with Crippen molar-refractivity contribution in [2.75, 3.05) is 11.9 Å². The molecule has 1 aromatic carbocycles. The van der Waals surface area contributed by atoms with E-state index in [0.717, 1.165) is 23.8 Å². The van der Waals surface area contributed by atoms with Gasteiger partial charge in [-0.15, -0.1) is 0 Å². The fourth-order valence-electron chi connectivity index (χ4n) is 1.99. The highest BCUT2D eigenvalue weighted by Crippen LogP contribution is 2.15. The molecule has 2 nitrogen and oxygen atoms in total. The van der Waals surface area contributed by atoms with E-state index in [1.165, 1.54) is 18.2 Å². The Hall–Kier alpha value is -1.57. The first-order valence-electron chi connectivity index (χ1n) is 6.43. The summed E-state index contributed by atoms with van der Waals surface area (Å²) in [5, 5.41) is 4.62. The number of para-hydroxylation sites is 1. The first kappa shape index (κ1) is 11.9. The number of nitrogens with one attached hydrogen (secondary N) is 1. The van der Waals surface area contributed by atoms with Crippen molar-refractivity contribution in [3.63, 3.8) is 0 Å². The number of fused-ring (bicyclic) bond motifs is 1. The molecule has 0 fully saturated rings. The third-order valence-corrected chi connectivity index (χ3v) is 3.32. The normalized spacial score (nSPS) is 11.0. The van der Waals surface area contributed by atoms with Crippen LogP contribution in [0.15, 0.2) is 36.4 Å².